The zero-order chi connectivity index (χ0) is 23.7. The van der Waals surface area contributed by atoms with E-state index in [1.54, 1.807) is 6.08 Å². The van der Waals surface area contributed by atoms with Crippen LogP contribution in [-0.2, 0) is 21.8 Å². The van der Waals surface area contributed by atoms with Gasteiger partial charge in [0.25, 0.3) is 0 Å². The second-order valence-corrected chi connectivity index (χ2v) is 7.62. The van der Waals surface area contributed by atoms with Crippen LogP contribution >= 0.6 is 0 Å². The van der Waals surface area contributed by atoms with Crippen molar-refractivity contribution in [1.29, 1.82) is 0 Å². The van der Waals surface area contributed by atoms with Crippen LogP contribution in [0.3, 0.4) is 0 Å². The first kappa shape index (κ1) is 24.3. The van der Waals surface area contributed by atoms with Crippen LogP contribution in [0.1, 0.15) is 47.6 Å². The molecule has 2 aromatic carbocycles. The molecular weight excluding hydrogens is 441 g/mol. The zero-order valence-electron chi connectivity index (χ0n) is 17.0. The largest absolute Gasteiger partial charge is 0.416 e. The lowest BCUT2D eigenvalue weighted by Gasteiger charge is -2.38. The second kappa shape index (κ2) is 9.23. The van der Waals surface area contributed by atoms with E-state index in [0.29, 0.717) is 24.1 Å². The normalized spacial score (nSPS) is 23.1. The highest BCUT2D eigenvalue weighted by atomic mass is 19.4. The first-order valence-electron chi connectivity index (χ1n) is 9.84. The molecule has 9 heteroatoms. The first-order chi connectivity index (χ1) is 14.9. The summed E-state index contributed by atoms with van der Waals surface area (Å²) in [6.07, 6.45) is -9.76. The molecule has 1 fully saturated rings. The van der Waals surface area contributed by atoms with Crippen molar-refractivity contribution in [2.75, 3.05) is 6.61 Å². The summed E-state index contributed by atoms with van der Waals surface area (Å²) in [4.78, 5) is 0. The van der Waals surface area contributed by atoms with Gasteiger partial charge in [0, 0.05) is 5.92 Å². The Hall–Kier alpha value is -2.39. The number of benzene rings is 2. The first-order valence-corrected chi connectivity index (χ1v) is 9.84. The van der Waals surface area contributed by atoms with Crippen molar-refractivity contribution in [3.8, 4) is 0 Å². The fourth-order valence-electron chi connectivity index (χ4n) is 3.78. The molecule has 1 aliphatic rings. The Morgan fingerprint density at radius 3 is 2.06 bits per heavy atom. The van der Waals surface area contributed by atoms with Crippen molar-refractivity contribution in [1.82, 2.24) is 0 Å². The van der Waals surface area contributed by atoms with Crippen LogP contribution in [0.5, 0.6) is 0 Å². The molecule has 1 heterocycles. The average Bonchev–Trinajstić information content (AvgIpc) is 2.72. The van der Waals surface area contributed by atoms with Gasteiger partial charge in [-0.1, -0.05) is 18.2 Å². The molecule has 0 aliphatic carbocycles. The molecule has 0 spiro atoms. The summed E-state index contributed by atoms with van der Waals surface area (Å²) in [7, 11) is 0. The summed E-state index contributed by atoms with van der Waals surface area (Å²) in [6, 6.07) is 6.94. The van der Waals surface area contributed by atoms with Crippen LogP contribution in [0.2, 0.25) is 0 Å². The van der Waals surface area contributed by atoms with Crippen LogP contribution in [0.4, 0.5) is 30.7 Å². The molecule has 0 saturated carbocycles. The number of hydrogen-bond donors (Lipinski definition) is 0. The summed E-state index contributed by atoms with van der Waals surface area (Å²) < 4.78 is 104. The van der Waals surface area contributed by atoms with Crippen LogP contribution in [0.15, 0.2) is 55.1 Å². The smallest absolute Gasteiger partial charge is 0.352 e. The van der Waals surface area contributed by atoms with Crippen molar-refractivity contribution in [2.24, 2.45) is 5.92 Å². The van der Waals surface area contributed by atoms with E-state index in [2.05, 4.69) is 6.58 Å². The Bertz CT molecular complexity index is 903. The third-order valence-electron chi connectivity index (χ3n) is 5.46. The van der Waals surface area contributed by atoms with Crippen molar-refractivity contribution in [3.05, 3.63) is 83.2 Å². The van der Waals surface area contributed by atoms with Crippen molar-refractivity contribution in [2.45, 2.75) is 44.0 Å². The minimum Gasteiger partial charge on any atom is -0.352 e. The highest BCUT2D eigenvalue weighted by Gasteiger charge is 2.39. The molecule has 0 aromatic heterocycles. The lowest BCUT2D eigenvalue weighted by atomic mass is 9.82. The molecule has 174 valence electrons. The van der Waals surface area contributed by atoms with Gasteiger partial charge >= 0.3 is 12.4 Å². The topological polar surface area (TPSA) is 18.5 Å². The maximum absolute atomic E-state index is 13.4. The third kappa shape index (κ3) is 5.50. The quantitative estimate of drug-likeness (QED) is 0.344. The van der Waals surface area contributed by atoms with Gasteiger partial charge in [-0.2, -0.15) is 26.3 Å². The van der Waals surface area contributed by atoms with Gasteiger partial charge in [0.1, 0.15) is 5.82 Å². The standard InChI is InChI=1S/C23H21F7O2/c1-3-14-8-9-31-21(20(14)15-4-6-19(24)7-5-15)32-13(2)16-10-17(22(25,26)27)12-18(11-16)23(28,29)30/h3-7,10-14,20-21H,1,8-9H2,2H3/t13?,14-,20-,21+/m0/s1. The van der Waals surface area contributed by atoms with Crippen LogP contribution in [-0.4, -0.2) is 12.9 Å². The summed E-state index contributed by atoms with van der Waals surface area (Å²) >= 11 is 0. The molecule has 0 bridgehead atoms. The molecule has 2 nitrogen and oxygen atoms in total. The molecule has 4 atom stereocenters. The van der Waals surface area contributed by atoms with E-state index in [-0.39, 0.29) is 24.2 Å². The van der Waals surface area contributed by atoms with Crippen molar-refractivity contribution in [3.63, 3.8) is 0 Å². The molecule has 1 aliphatic heterocycles. The van der Waals surface area contributed by atoms with Gasteiger partial charge < -0.3 is 9.47 Å². The molecule has 3 rings (SSSR count). The summed E-state index contributed by atoms with van der Waals surface area (Å²) in [5.41, 5.74) is -2.45. The Morgan fingerprint density at radius 2 is 1.56 bits per heavy atom. The summed E-state index contributed by atoms with van der Waals surface area (Å²) in [5.74, 6) is -1.05. The highest BCUT2D eigenvalue weighted by molar-refractivity contribution is 5.35. The lowest BCUT2D eigenvalue weighted by molar-refractivity contribution is -0.205. The predicted octanol–water partition coefficient (Wildman–Crippen LogP) is 7.27. The van der Waals surface area contributed by atoms with Crippen molar-refractivity contribution < 1.29 is 40.2 Å². The van der Waals surface area contributed by atoms with Gasteiger partial charge in [-0.15, -0.1) is 6.58 Å². The SMILES string of the molecule is C=C[C@H]1CCO[C@H](OC(C)c2cc(C(F)(F)F)cc(C(F)(F)F)c2)[C@@H]1c1ccc(F)cc1. The number of rotatable bonds is 5. The van der Waals surface area contributed by atoms with Crippen LogP contribution < -0.4 is 0 Å². The fraction of sp³-hybridized carbons (Fsp3) is 0.391. The summed E-state index contributed by atoms with van der Waals surface area (Å²) in [5, 5.41) is 0. The Morgan fingerprint density at radius 1 is 1.00 bits per heavy atom. The lowest BCUT2D eigenvalue weighted by Crippen LogP contribution is -2.36. The van der Waals surface area contributed by atoms with E-state index in [1.165, 1.54) is 31.2 Å². The van der Waals surface area contributed by atoms with Gasteiger partial charge in [-0.3, -0.25) is 0 Å². The van der Waals surface area contributed by atoms with E-state index in [9.17, 15) is 30.7 Å². The van der Waals surface area contributed by atoms with Gasteiger partial charge in [0.05, 0.1) is 23.8 Å². The fourth-order valence-corrected chi connectivity index (χ4v) is 3.78. The van der Waals surface area contributed by atoms with E-state index < -0.39 is 47.6 Å². The second-order valence-electron chi connectivity index (χ2n) is 7.62. The molecular formula is C23H21F7O2. The van der Waals surface area contributed by atoms with E-state index in [0.717, 1.165) is 0 Å². The number of halogens is 7. The number of alkyl halides is 6. The van der Waals surface area contributed by atoms with Crippen LogP contribution in [0.25, 0.3) is 0 Å². The molecule has 32 heavy (non-hydrogen) atoms. The molecule has 2 aromatic rings. The summed E-state index contributed by atoms with van der Waals surface area (Å²) in [6.45, 7) is 5.42. The monoisotopic (exact) mass is 462 g/mol. The number of hydrogen-bond acceptors (Lipinski definition) is 2. The highest BCUT2D eigenvalue weighted by Crippen LogP contribution is 2.41. The maximum Gasteiger partial charge on any atom is 0.416 e. The molecule has 1 unspecified atom stereocenters. The number of ether oxygens (including phenoxy) is 2. The van der Waals surface area contributed by atoms with Crippen LogP contribution in [0, 0.1) is 11.7 Å². The Balaban J connectivity index is 1.94. The van der Waals surface area contributed by atoms with E-state index in [4.69, 9.17) is 9.47 Å². The minimum atomic E-state index is -4.96. The Labute approximate surface area is 180 Å². The van der Waals surface area contributed by atoms with Gasteiger partial charge in [-0.25, -0.2) is 4.39 Å². The van der Waals surface area contributed by atoms with Gasteiger partial charge in [-0.05, 0) is 60.7 Å². The number of allylic oxidation sites excluding steroid dienone is 1. The molecule has 1 saturated heterocycles. The van der Waals surface area contributed by atoms with Gasteiger partial charge in [0.15, 0.2) is 6.29 Å². The average molecular weight is 462 g/mol. The maximum atomic E-state index is 13.4. The van der Waals surface area contributed by atoms with Crippen molar-refractivity contribution >= 4 is 0 Å². The zero-order valence-corrected chi connectivity index (χ0v) is 17.0. The minimum absolute atomic E-state index is 0.0718. The molecule has 0 amide bonds. The predicted molar refractivity (Wildman–Crippen MR) is 103 cm³/mol. The van der Waals surface area contributed by atoms with Gasteiger partial charge in [0.2, 0.25) is 0 Å². The molecule has 0 radical (unpaired) electrons. The van der Waals surface area contributed by atoms with E-state index in [1.807, 2.05) is 0 Å². The van der Waals surface area contributed by atoms with E-state index >= 15 is 0 Å². The third-order valence-corrected chi connectivity index (χ3v) is 5.46. The Kier molecular flexibility index (Phi) is 7.00. The molecule has 0 N–H and O–H groups in total.